The number of nitrogens with zero attached hydrogens (tertiary/aromatic N) is 1. The number of H-pyrrole nitrogens is 1. The molecule has 240 valence electrons. The molecule has 0 amide bonds. The van der Waals surface area contributed by atoms with E-state index in [0.29, 0.717) is 29.9 Å². The number of sulfonamides is 1. The summed E-state index contributed by atoms with van der Waals surface area (Å²) in [5.41, 5.74) is 5.03. The van der Waals surface area contributed by atoms with E-state index in [2.05, 4.69) is 34.8 Å². The van der Waals surface area contributed by atoms with Crippen LogP contribution in [-0.2, 0) is 28.7 Å². The van der Waals surface area contributed by atoms with Crippen LogP contribution in [0.1, 0.15) is 28.7 Å². The molecule has 0 saturated heterocycles. The zero-order chi connectivity index (χ0) is 32.9. The fourth-order valence-electron chi connectivity index (χ4n) is 4.88. The second-order valence-corrected chi connectivity index (χ2v) is 12.5. The third-order valence-electron chi connectivity index (χ3n) is 7.42. The van der Waals surface area contributed by atoms with Gasteiger partial charge in [-0.15, -0.1) is 0 Å². The number of fused-ring (bicyclic) bond motifs is 1. The van der Waals surface area contributed by atoms with Crippen molar-refractivity contribution in [3.63, 3.8) is 0 Å². The van der Waals surface area contributed by atoms with Crippen molar-refractivity contribution in [2.24, 2.45) is 0 Å². The first-order valence-corrected chi connectivity index (χ1v) is 16.6. The average Bonchev–Trinajstić information content (AvgIpc) is 3.46. The van der Waals surface area contributed by atoms with E-state index in [4.69, 9.17) is 20.3 Å². The fourth-order valence-corrected chi connectivity index (χ4v) is 5.97. The highest BCUT2D eigenvalue weighted by Crippen LogP contribution is 2.26. The molecule has 0 spiro atoms. The minimum absolute atomic E-state index is 0.0254. The maximum Gasteiger partial charge on any atom is 0.216 e. The monoisotopic (exact) mass is 639 g/mol. The maximum atomic E-state index is 12.6. The Bertz CT molecular complexity index is 1840. The number of amidine groups is 2. The number of benzene rings is 4. The van der Waals surface area contributed by atoms with Crippen molar-refractivity contribution in [2.75, 3.05) is 20.8 Å². The molecule has 4 aromatic carbocycles. The molecule has 5 aromatic rings. The van der Waals surface area contributed by atoms with Gasteiger partial charge in [-0.2, -0.15) is 0 Å². The van der Waals surface area contributed by atoms with Crippen LogP contribution in [0.2, 0.25) is 0 Å². The van der Waals surface area contributed by atoms with Gasteiger partial charge in [-0.3, -0.25) is 10.8 Å². The molecular weight excluding hydrogens is 598 g/mol. The first-order valence-electron chi connectivity index (χ1n) is 14.9. The first kappa shape index (κ1) is 34.0. The Balaban J connectivity index is 0.000000402. The summed E-state index contributed by atoms with van der Waals surface area (Å²) >= 11 is 0. The van der Waals surface area contributed by atoms with Gasteiger partial charge in [-0.1, -0.05) is 78.9 Å². The van der Waals surface area contributed by atoms with E-state index in [1.54, 1.807) is 50.6 Å². The molecule has 4 N–H and O–H groups in total. The summed E-state index contributed by atoms with van der Waals surface area (Å²) in [6, 6.07) is 32.4. The third-order valence-corrected chi connectivity index (χ3v) is 8.72. The van der Waals surface area contributed by atoms with Crippen LogP contribution < -0.4 is 14.2 Å². The number of aromatic amines is 1. The molecule has 10 heteroatoms. The normalized spacial score (nSPS) is 10.9. The average molecular weight is 640 g/mol. The van der Waals surface area contributed by atoms with Crippen LogP contribution in [0.3, 0.4) is 0 Å². The standard InChI is InChI=1S/C27H32N4O4S.C9H9N/c1-34-24-15-14-23(25(17-24)35-2)19-31(26(28)16-13-21-9-5-3-6-10-21)27(29)18-30-36(32,33)20-22-11-7-4-8-12-22;1-7-6-10-9-5-3-2-4-8(7)9/h3-12,14-15,17,28-30H,13,16,18-20H2,1-2H3;2-6,10H,1H3. The fraction of sp³-hybridized carbons (Fsp3) is 0.222. The minimum atomic E-state index is -3.67. The third kappa shape index (κ3) is 9.79. The van der Waals surface area contributed by atoms with E-state index in [9.17, 15) is 8.42 Å². The van der Waals surface area contributed by atoms with Crippen LogP contribution in [-0.4, -0.2) is 50.7 Å². The molecule has 1 heterocycles. The smallest absolute Gasteiger partial charge is 0.216 e. The van der Waals surface area contributed by atoms with E-state index in [-0.39, 0.29) is 30.5 Å². The van der Waals surface area contributed by atoms with Crippen molar-refractivity contribution < 1.29 is 17.9 Å². The lowest BCUT2D eigenvalue weighted by Gasteiger charge is -2.27. The molecule has 1 aromatic heterocycles. The summed E-state index contributed by atoms with van der Waals surface area (Å²) in [7, 11) is -0.553. The van der Waals surface area contributed by atoms with Gasteiger partial charge in [0.2, 0.25) is 10.0 Å². The van der Waals surface area contributed by atoms with E-state index in [1.165, 1.54) is 21.4 Å². The van der Waals surface area contributed by atoms with Crippen LogP contribution in [0.5, 0.6) is 11.5 Å². The Hall–Kier alpha value is -4.93. The number of ether oxygens (including phenoxy) is 2. The van der Waals surface area contributed by atoms with Crippen LogP contribution in [0.4, 0.5) is 0 Å². The lowest BCUT2D eigenvalue weighted by Crippen LogP contribution is -2.42. The van der Waals surface area contributed by atoms with Gasteiger partial charge in [0.05, 0.1) is 33.1 Å². The summed E-state index contributed by atoms with van der Waals surface area (Å²) in [5, 5.41) is 18.7. The molecule has 0 aliphatic rings. The Kier molecular flexibility index (Phi) is 12.1. The number of methoxy groups -OCH3 is 2. The van der Waals surface area contributed by atoms with E-state index < -0.39 is 10.0 Å². The van der Waals surface area contributed by atoms with Crippen LogP contribution in [0, 0.1) is 17.7 Å². The van der Waals surface area contributed by atoms with Crippen molar-refractivity contribution in [1.82, 2.24) is 14.6 Å². The van der Waals surface area contributed by atoms with E-state index in [0.717, 1.165) is 11.1 Å². The predicted octanol–water partition coefficient (Wildman–Crippen LogP) is 6.69. The van der Waals surface area contributed by atoms with Crippen molar-refractivity contribution in [1.29, 1.82) is 10.8 Å². The number of rotatable bonds is 12. The summed E-state index contributed by atoms with van der Waals surface area (Å²) < 4.78 is 38.5. The van der Waals surface area contributed by atoms with Gasteiger partial charge in [-0.05, 0) is 48.2 Å². The largest absolute Gasteiger partial charge is 0.497 e. The summed E-state index contributed by atoms with van der Waals surface area (Å²) in [6.07, 6.45) is 3.05. The topological polar surface area (TPSA) is 131 Å². The van der Waals surface area contributed by atoms with Crippen molar-refractivity contribution in [3.8, 4) is 11.5 Å². The maximum absolute atomic E-state index is 12.6. The SMILES string of the molecule is COc1ccc(CN(C(=N)CCc2ccccc2)C(=N)CNS(=O)(=O)Cc2ccccc2)c(OC)c1.Cc1c[nH]c2ccccc12. The van der Waals surface area contributed by atoms with Crippen molar-refractivity contribution in [3.05, 3.63) is 132 Å². The number of aryl methyl sites for hydroxylation is 2. The van der Waals surface area contributed by atoms with E-state index in [1.807, 2.05) is 54.7 Å². The molecule has 0 unspecified atom stereocenters. The van der Waals surface area contributed by atoms with Gasteiger partial charge in [0.1, 0.15) is 23.2 Å². The quantitative estimate of drug-likeness (QED) is 0.0893. The van der Waals surface area contributed by atoms with Crippen LogP contribution >= 0.6 is 0 Å². The van der Waals surface area contributed by atoms with Gasteiger partial charge in [0.25, 0.3) is 0 Å². The Morgan fingerprint density at radius 3 is 2.13 bits per heavy atom. The van der Waals surface area contributed by atoms with Gasteiger partial charge >= 0.3 is 0 Å². The number of hydrogen-bond acceptors (Lipinski definition) is 6. The number of hydrogen-bond donors (Lipinski definition) is 4. The highest BCUT2D eigenvalue weighted by atomic mass is 32.2. The molecule has 0 aliphatic heterocycles. The van der Waals surface area contributed by atoms with Gasteiger partial charge in [0.15, 0.2) is 0 Å². The molecular formula is C36H41N5O4S. The molecule has 46 heavy (non-hydrogen) atoms. The number of nitrogens with one attached hydrogen (secondary N) is 4. The number of aromatic nitrogens is 1. The van der Waals surface area contributed by atoms with Crippen molar-refractivity contribution >= 4 is 32.6 Å². The zero-order valence-corrected chi connectivity index (χ0v) is 27.2. The molecule has 0 bridgehead atoms. The molecule has 0 aliphatic carbocycles. The second-order valence-electron chi connectivity index (χ2n) is 10.7. The van der Waals surface area contributed by atoms with Crippen LogP contribution in [0.15, 0.2) is 109 Å². The molecule has 0 atom stereocenters. The lowest BCUT2D eigenvalue weighted by atomic mass is 10.1. The Morgan fingerprint density at radius 2 is 1.48 bits per heavy atom. The Labute approximate surface area is 271 Å². The first-order chi connectivity index (χ1) is 22.2. The highest BCUT2D eigenvalue weighted by Gasteiger charge is 2.20. The van der Waals surface area contributed by atoms with E-state index >= 15 is 0 Å². The summed E-state index contributed by atoms with van der Waals surface area (Å²) in [5.74, 6) is 1.20. The predicted molar refractivity (Wildman–Crippen MR) is 185 cm³/mol. The number of para-hydroxylation sites is 1. The molecule has 5 rings (SSSR count). The lowest BCUT2D eigenvalue weighted by molar-refractivity contribution is 0.387. The molecule has 0 saturated carbocycles. The van der Waals surface area contributed by atoms with Gasteiger partial charge in [-0.25, -0.2) is 13.1 Å². The van der Waals surface area contributed by atoms with Crippen molar-refractivity contribution in [2.45, 2.75) is 32.1 Å². The molecule has 9 nitrogen and oxygen atoms in total. The zero-order valence-electron chi connectivity index (χ0n) is 26.4. The Morgan fingerprint density at radius 1 is 0.826 bits per heavy atom. The molecule has 0 fully saturated rings. The van der Waals surface area contributed by atoms with Gasteiger partial charge < -0.3 is 19.4 Å². The highest BCUT2D eigenvalue weighted by molar-refractivity contribution is 7.88. The van der Waals surface area contributed by atoms with Gasteiger partial charge in [0, 0.05) is 35.2 Å². The molecule has 0 radical (unpaired) electrons. The minimum Gasteiger partial charge on any atom is -0.497 e. The second kappa shape index (κ2) is 16.4. The summed E-state index contributed by atoms with van der Waals surface area (Å²) in [4.78, 5) is 4.70. The van der Waals surface area contributed by atoms with Crippen LogP contribution in [0.25, 0.3) is 10.9 Å². The summed E-state index contributed by atoms with van der Waals surface area (Å²) in [6.45, 7) is 2.06.